The van der Waals surface area contributed by atoms with Crippen LogP contribution in [-0.2, 0) is 16.1 Å². The highest BCUT2D eigenvalue weighted by Gasteiger charge is 2.15. The van der Waals surface area contributed by atoms with Gasteiger partial charge in [-0.05, 0) is 56.7 Å². The van der Waals surface area contributed by atoms with Gasteiger partial charge in [0.15, 0.2) is 6.61 Å². The molecule has 7 nitrogen and oxygen atoms in total. The molecule has 0 aliphatic rings. The molecular weight excluding hydrogens is 382 g/mol. The summed E-state index contributed by atoms with van der Waals surface area (Å²) in [6.07, 6.45) is 0. The molecule has 0 N–H and O–H groups in total. The highest BCUT2D eigenvalue weighted by molar-refractivity contribution is 5.94. The quantitative estimate of drug-likeness (QED) is 0.558. The van der Waals surface area contributed by atoms with E-state index in [2.05, 4.69) is 9.97 Å². The smallest absolute Gasteiger partial charge is 0.338 e. The Morgan fingerprint density at radius 2 is 1.63 bits per heavy atom. The normalized spacial score (nSPS) is 10.7. The van der Waals surface area contributed by atoms with Crippen LogP contribution in [-0.4, -0.2) is 47.0 Å². The first-order chi connectivity index (χ1) is 14.4. The fourth-order valence-electron chi connectivity index (χ4n) is 2.90. The molecule has 3 aromatic rings. The van der Waals surface area contributed by atoms with E-state index in [4.69, 9.17) is 9.47 Å². The number of rotatable bonds is 7. The molecule has 0 fully saturated rings. The first kappa shape index (κ1) is 21.2. The van der Waals surface area contributed by atoms with Crippen LogP contribution in [0.1, 0.15) is 34.2 Å². The van der Waals surface area contributed by atoms with Crippen LogP contribution >= 0.6 is 0 Å². The van der Waals surface area contributed by atoms with Gasteiger partial charge in [0.25, 0.3) is 5.91 Å². The number of hydrogen-bond acceptors (Lipinski definition) is 6. The van der Waals surface area contributed by atoms with Gasteiger partial charge in [0.1, 0.15) is 5.75 Å². The Labute approximate surface area is 175 Å². The van der Waals surface area contributed by atoms with E-state index in [-0.39, 0.29) is 12.5 Å². The Morgan fingerprint density at radius 3 is 2.30 bits per heavy atom. The van der Waals surface area contributed by atoms with E-state index in [1.165, 1.54) is 4.90 Å². The molecule has 0 bridgehead atoms. The Kier molecular flexibility index (Phi) is 6.61. The van der Waals surface area contributed by atoms with Crippen molar-refractivity contribution >= 4 is 22.9 Å². The molecule has 0 unspecified atom stereocenters. The minimum absolute atomic E-state index is 0.288. The summed E-state index contributed by atoms with van der Waals surface area (Å²) in [5.41, 5.74) is 4.27. The summed E-state index contributed by atoms with van der Waals surface area (Å²) >= 11 is 0. The maximum atomic E-state index is 12.4. The van der Waals surface area contributed by atoms with Crippen molar-refractivity contribution in [3.63, 3.8) is 0 Å². The number of hydrogen-bond donors (Lipinski definition) is 0. The number of ether oxygens (including phenoxy) is 2. The number of esters is 1. The maximum Gasteiger partial charge on any atom is 0.338 e. The average Bonchev–Trinajstić information content (AvgIpc) is 2.73. The molecule has 0 spiro atoms. The predicted octanol–water partition coefficient (Wildman–Crippen LogP) is 3.46. The number of fused-ring (bicyclic) bond motifs is 1. The van der Waals surface area contributed by atoms with Crippen LogP contribution in [0.15, 0.2) is 42.5 Å². The zero-order valence-corrected chi connectivity index (χ0v) is 17.6. The first-order valence-corrected chi connectivity index (χ1v) is 9.75. The third-order valence-corrected chi connectivity index (χ3v) is 4.72. The van der Waals surface area contributed by atoms with Crippen molar-refractivity contribution in [2.75, 3.05) is 20.3 Å². The van der Waals surface area contributed by atoms with Gasteiger partial charge in [0, 0.05) is 13.6 Å². The number of benzene rings is 2. The van der Waals surface area contributed by atoms with Gasteiger partial charge < -0.3 is 14.4 Å². The van der Waals surface area contributed by atoms with Crippen LogP contribution < -0.4 is 4.74 Å². The minimum Gasteiger partial charge on any atom is -0.494 e. The molecule has 0 saturated carbocycles. The molecule has 0 saturated heterocycles. The molecule has 30 heavy (non-hydrogen) atoms. The zero-order chi connectivity index (χ0) is 21.7. The van der Waals surface area contributed by atoms with Crippen LogP contribution in [0.3, 0.4) is 0 Å². The molecular formula is C23H25N3O4. The predicted molar refractivity (Wildman–Crippen MR) is 113 cm³/mol. The standard InChI is InChI=1S/C23H25N3O4/c1-5-29-19-9-6-17(7-10-19)13-26(4)22(27)14-30-23(28)18-8-11-20-21(12-18)25-16(3)15(2)24-20/h6-12H,5,13-14H2,1-4H3. The van der Waals surface area contributed by atoms with Gasteiger partial charge in [0.2, 0.25) is 0 Å². The number of nitrogens with zero attached hydrogens (tertiary/aromatic N) is 3. The van der Waals surface area contributed by atoms with Gasteiger partial charge in [-0.3, -0.25) is 4.79 Å². The fraction of sp³-hybridized carbons (Fsp3) is 0.304. The van der Waals surface area contributed by atoms with E-state index in [0.717, 1.165) is 22.7 Å². The third kappa shape index (κ3) is 5.11. The lowest BCUT2D eigenvalue weighted by atomic mass is 10.2. The molecule has 2 aromatic carbocycles. The Balaban J connectivity index is 1.57. The van der Waals surface area contributed by atoms with E-state index < -0.39 is 5.97 Å². The van der Waals surface area contributed by atoms with E-state index in [9.17, 15) is 9.59 Å². The number of carbonyl (C=O) groups excluding carboxylic acids is 2. The summed E-state index contributed by atoms with van der Waals surface area (Å²) in [5, 5.41) is 0. The van der Waals surface area contributed by atoms with Crippen LogP contribution in [0.25, 0.3) is 11.0 Å². The van der Waals surface area contributed by atoms with E-state index in [1.54, 1.807) is 25.2 Å². The molecule has 0 aliphatic heterocycles. The van der Waals surface area contributed by atoms with Gasteiger partial charge in [0.05, 0.1) is 34.6 Å². The number of aryl methyl sites for hydroxylation is 2. The Bertz CT molecular complexity index is 1060. The van der Waals surface area contributed by atoms with Crippen LogP contribution in [0.2, 0.25) is 0 Å². The monoisotopic (exact) mass is 407 g/mol. The summed E-state index contributed by atoms with van der Waals surface area (Å²) < 4.78 is 10.6. The topological polar surface area (TPSA) is 81.6 Å². The zero-order valence-electron chi connectivity index (χ0n) is 17.6. The highest BCUT2D eigenvalue weighted by Crippen LogP contribution is 2.16. The van der Waals surface area contributed by atoms with Gasteiger partial charge >= 0.3 is 5.97 Å². The molecule has 1 aromatic heterocycles. The van der Waals surface area contributed by atoms with Crippen molar-refractivity contribution in [3.05, 3.63) is 65.0 Å². The number of amides is 1. The maximum absolute atomic E-state index is 12.4. The summed E-state index contributed by atoms with van der Waals surface area (Å²) in [6, 6.07) is 12.5. The lowest BCUT2D eigenvalue weighted by Crippen LogP contribution is -2.30. The fourth-order valence-corrected chi connectivity index (χ4v) is 2.90. The number of aromatic nitrogens is 2. The first-order valence-electron chi connectivity index (χ1n) is 9.75. The second-order valence-corrected chi connectivity index (χ2v) is 7.00. The van der Waals surface area contributed by atoms with Crippen molar-refractivity contribution < 1.29 is 19.1 Å². The third-order valence-electron chi connectivity index (χ3n) is 4.72. The molecule has 7 heteroatoms. The van der Waals surface area contributed by atoms with Crippen molar-refractivity contribution in [1.29, 1.82) is 0 Å². The molecule has 156 valence electrons. The molecule has 0 atom stereocenters. The van der Waals surface area contributed by atoms with Gasteiger partial charge in [-0.25, -0.2) is 14.8 Å². The molecule has 0 radical (unpaired) electrons. The van der Waals surface area contributed by atoms with Gasteiger partial charge in [-0.1, -0.05) is 12.1 Å². The summed E-state index contributed by atoms with van der Waals surface area (Å²) in [4.78, 5) is 35.1. The second-order valence-electron chi connectivity index (χ2n) is 7.00. The molecule has 0 aliphatic carbocycles. The van der Waals surface area contributed by atoms with Crippen LogP contribution in [0, 0.1) is 13.8 Å². The van der Waals surface area contributed by atoms with Crippen molar-refractivity contribution in [2.45, 2.75) is 27.3 Å². The average molecular weight is 407 g/mol. The minimum atomic E-state index is -0.570. The second kappa shape index (κ2) is 9.35. The SMILES string of the molecule is CCOc1ccc(CN(C)C(=O)COC(=O)c2ccc3nc(C)c(C)nc3c2)cc1. The van der Waals surface area contributed by atoms with E-state index >= 15 is 0 Å². The largest absolute Gasteiger partial charge is 0.494 e. The van der Waals surface area contributed by atoms with Crippen molar-refractivity contribution in [2.24, 2.45) is 0 Å². The van der Waals surface area contributed by atoms with E-state index in [1.807, 2.05) is 45.0 Å². The van der Waals surface area contributed by atoms with Gasteiger partial charge in [-0.2, -0.15) is 0 Å². The van der Waals surface area contributed by atoms with Gasteiger partial charge in [-0.15, -0.1) is 0 Å². The molecule has 1 amide bonds. The van der Waals surface area contributed by atoms with Crippen LogP contribution in [0.5, 0.6) is 5.75 Å². The van der Waals surface area contributed by atoms with Crippen molar-refractivity contribution in [3.8, 4) is 5.75 Å². The Hall–Kier alpha value is -3.48. The van der Waals surface area contributed by atoms with Crippen LogP contribution in [0.4, 0.5) is 0 Å². The lowest BCUT2D eigenvalue weighted by Gasteiger charge is -2.17. The lowest BCUT2D eigenvalue weighted by molar-refractivity contribution is -0.133. The summed E-state index contributed by atoms with van der Waals surface area (Å²) in [6.45, 7) is 6.36. The number of likely N-dealkylation sites (N-methyl/N-ethyl adjacent to an activating group) is 1. The number of carbonyl (C=O) groups is 2. The van der Waals surface area contributed by atoms with Crippen molar-refractivity contribution in [1.82, 2.24) is 14.9 Å². The molecule has 1 heterocycles. The summed E-state index contributed by atoms with van der Waals surface area (Å²) in [5.74, 6) is -0.0707. The summed E-state index contributed by atoms with van der Waals surface area (Å²) in [7, 11) is 1.67. The Morgan fingerprint density at radius 1 is 0.967 bits per heavy atom. The van der Waals surface area contributed by atoms with E-state index in [0.29, 0.717) is 29.7 Å². The highest BCUT2D eigenvalue weighted by atomic mass is 16.5. The molecule has 3 rings (SSSR count).